The Balaban J connectivity index is 1.37. The van der Waals surface area contributed by atoms with Gasteiger partial charge in [0.05, 0.1) is 17.5 Å². The Labute approximate surface area is 172 Å². The molecule has 0 amide bonds. The fourth-order valence-electron chi connectivity index (χ4n) is 3.79. The molecule has 4 rings (SSSR count). The van der Waals surface area contributed by atoms with Crippen molar-refractivity contribution in [1.82, 2.24) is 25.0 Å². The first kappa shape index (κ1) is 19.8. The Kier molecular flexibility index (Phi) is 6.67. The van der Waals surface area contributed by atoms with Gasteiger partial charge in [-0.1, -0.05) is 18.2 Å². The van der Waals surface area contributed by atoms with Crippen LogP contribution in [0.25, 0.3) is 16.9 Å². The van der Waals surface area contributed by atoms with Gasteiger partial charge in [0.25, 0.3) is 0 Å². The molecule has 1 saturated heterocycles. The summed E-state index contributed by atoms with van der Waals surface area (Å²) < 4.78 is 1.94. The quantitative estimate of drug-likeness (QED) is 0.578. The monoisotopic (exact) mass is 391 g/mol. The van der Waals surface area contributed by atoms with Crippen molar-refractivity contribution in [2.45, 2.75) is 31.9 Å². The number of likely N-dealkylation sites (tertiary alicyclic amines) is 1. The minimum Gasteiger partial charge on any atom is -0.393 e. The van der Waals surface area contributed by atoms with Crippen molar-refractivity contribution in [2.24, 2.45) is 0 Å². The van der Waals surface area contributed by atoms with Crippen LogP contribution in [0.15, 0.2) is 61.1 Å². The molecule has 0 unspecified atom stereocenters. The van der Waals surface area contributed by atoms with Crippen LogP contribution in [-0.4, -0.2) is 57.1 Å². The number of hydrogen-bond donors (Lipinski definition) is 2. The lowest BCUT2D eigenvalue weighted by atomic mass is 10.1. The molecule has 2 N–H and O–H groups in total. The molecule has 0 aliphatic carbocycles. The van der Waals surface area contributed by atoms with E-state index in [1.54, 1.807) is 6.20 Å². The molecule has 0 saturated carbocycles. The second-order valence-electron chi connectivity index (χ2n) is 7.63. The van der Waals surface area contributed by atoms with Crippen molar-refractivity contribution in [3.8, 4) is 16.9 Å². The summed E-state index contributed by atoms with van der Waals surface area (Å²) in [5.41, 5.74) is 4.23. The topological polar surface area (TPSA) is 66.2 Å². The van der Waals surface area contributed by atoms with E-state index in [2.05, 4.69) is 39.6 Å². The molecule has 3 heterocycles. The summed E-state index contributed by atoms with van der Waals surface area (Å²) in [7, 11) is 0. The van der Waals surface area contributed by atoms with Gasteiger partial charge in [0.1, 0.15) is 0 Å². The first-order valence-electron chi connectivity index (χ1n) is 10.4. The summed E-state index contributed by atoms with van der Waals surface area (Å²) in [5.74, 6) is 0. The van der Waals surface area contributed by atoms with E-state index in [1.165, 1.54) is 5.56 Å². The van der Waals surface area contributed by atoms with E-state index in [4.69, 9.17) is 5.10 Å². The Morgan fingerprint density at radius 2 is 1.90 bits per heavy atom. The number of aromatic nitrogens is 3. The molecule has 6 nitrogen and oxygen atoms in total. The molecule has 1 aliphatic rings. The number of piperidine rings is 1. The highest BCUT2D eigenvalue weighted by Crippen LogP contribution is 2.23. The maximum atomic E-state index is 9.62. The maximum Gasteiger partial charge on any atom is 0.0988 e. The molecule has 1 fully saturated rings. The van der Waals surface area contributed by atoms with Crippen LogP contribution in [-0.2, 0) is 6.54 Å². The van der Waals surface area contributed by atoms with Crippen molar-refractivity contribution in [2.75, 3.05) is 26.2 Å². The molecule has 3 aromatic rings. The highest BCUT2D eigenvalue weighted by Gasteiger charge is 2.16. The number of rotatable bonds is 8. The standard InChI is InChI=1S/C23H29N5O/c29-22-9-14-27(15-10-22)13-5-12-25-17-20-18-28(21-7-2-1-3-8-21)26-23(20)19-6-4-11-24-16-19/h1-4,6-8,11,16,18,22,25,29H,5,9-10,12-15,17H2. The van der Waals surface area contributed by atoms with Gasteiger partial charge in [-0.25, -0.2) is 4.68 Å². The molecule has 29 heavy (non-hydrogen) atoms. The Hall–Kier alpha value is -2.54. The Bertz CT molecular complexity index is 873. The van der Waals surface area contributed by atoms with Gasteiger partial charge in [-0.15, -0.1) is 0 Å². The largest absolute Gasteiger partial charge is 0.393 e. The van der Waals surface area contributed by atoms with E-state index in [9.17, 15) is 5.11 Å². The van der Waals surface area contributed by atoms with Crippen LogP contribution in [0, 0.1) is 0 Å². The van der Waals surface area contributed by atoms with Gasteiger partial charge < -0.3 is 15.3 Å². The number of aliphatic hydroxyl groups is 1. The summed E-state index contributed by atoms with van der Waals surface area (Å²) in [6, 6.07) is 14.2. The second kappa shape index (κ2) is 9.78. The van der Waals surface area contributed by atoms with Crippen LogP contribution in [0.4, 0.5) is 0 Å². The van der Waals surface area contributed by atoms with Crippen LogP contribution in [0.3, 0.4) is 0 Å². The summed E-state index contributed by atoms with van der Waals surface area (Å²) >= 11 is 0. The second-order valence-corrected chi connectivity index (χ2v) is 7.63. The number of pyridine rings is 1. The smallest absolute Gasteiger partial charge is 0.0988 e. The molecule has 0 spiro atoms. The molecule has 1 aromatic carbocycles. The lowest BCUT2D eigenvalue weighted by molar-refractivity contribution is 0.0821. The number of para-hydroxylation sites is 1. The SMILES string of the molecule is OC1CCN(CCCNCc2cn(-c3ccccc3)nc2-c2cccnc2)CC1. The third kappa shape index (κ3) is 5.29. The Morgan fingerprint density at radius 1 is 1.07 bits per heavy atom. The number of aliphatic hydroxyl groups excluding tert-OH is 1. The van der Waals surface area contributed by atoms with Crippen LogP contribution in [0.1, 0.15) is 24.8 Å². The van der Waals surface area contributed by atoms with Crippen LogP contribution < -0.4 is 5.32 Å². The van der Waals surface area contributed by atoms with E-state index in [0.29, 0.717) is 0 Å². The van der Waals surface area contributed by atoms with Gasteiger partial charge in [-0.3, -0.25) is 4.98 Å². The molecule has 6 heteroatoms. The van der Waals surface area contributed by atoms with E-state index >= 15 is 0 Å². The summed E-state index contributed by atoms with van der Waals surface area (Å²) in [6.07, 6.45) is 8.57. The van der Waals surface area contributed by atoms with Gasteiger partial charge in [-0.2, -0.15) is 5.10 Å². The molecule has 0 bridgehead atoms. The van der Waals surface area contributed by atoms with E-state index in [0.717, 1.165) is 68.9 Å². The minimum atomic E-state index is -0.101. The minimum absolute atomic E-state index is 0.101. The van der Waals surface area contributed by atoms with Crippen molar-refractivity contribution in [1.29, 1.82) is 0 Å². The lowest BCUT2D eigenvalue weighted by Gasteiger charge is -2.29. The summed E-state index contributed by atoms with van der Waals surface area (Å²) in [5, 5.41) is 18.0. The van der Waals surface area contributed by atoms with Crippen molar-refractivity contribution in [3.63, 3.8) is 0 Å². The third-order valence-electron chi connectivity index (χ3n) is 5.45. The average molecular weight is 392 g/mol. The predicted molar refractivity (Wildman–Crippen MR) is 115 cm³/mol. The number of nitrogens with one attached hydrogen (secondary N) is 1. The zero-order valence-corrected chi connectivity index (χ0v) is 16.7. The molecule has 152 valence electrons. The van der Waals surface area contributed by atoms with Gasteiger partial charge in [-0.05, 0) is 56.6 Å². The number of nitrogens with zero attached hydrogens (tertiary/aromatic N) is 4. The molecule has 0 radical (unpaired) electrons. The molecule has 0 atom stereocenters. The van der Waals surface area contributed by atoms with Crippen LogP contribution in [0.2, 0.25) is 0 Å². The van der Waals surface area contributed by atoms with E-state index in [1.807, 2.05) is 35.1 Å². The van der Waals surface area contributed by atoms with Gasteiger partial charge in [0.2, 0.25) is 0 Å². The van der Waals surface area contributed by atoms with Crippen molar-refractivity contribution in [3.05, 3.63) is 66.6 Å². The van der Waals surface area contributed by atoms with Crippen LogP contribution >= 0.6 is 0 Å². The summed E-state index contributed by atoms with van der Waals surface area (Å²) in [6.45, 7) is 4.84. The zero-order valence-electron chi connectivity index (χ0n) is 16.7. The highest BCUT2D eigenvalue weighted by molar-refractivity contribution is 5.62. The first-order valence-corrected chi connectivity index (χ1v) is 10.4. The fraction of sp³-hybridized carbons (Fsp3) is 0.391. The van der Waals surface area contributed by atoms with Crippen molar-refractivity contribution < 1.29 is 5.11 Å². The summed E-state index contributed by atoms with van der Waals surface area (Å²) in [4.78, 5) is 6.71. The zero-order chi connectivity index (χ0) is 19.9. The molecular formula is C23H29N5O. The molecular weight excluding hydrogens is 362 g/mol. The highest BCUT2D eigenvalue weighted by atomic mass is 16.3. The molecule has 2 aromatic heterocycles. The third-order valence-corrected chi connectivity index (χ3v) is 5.45. The van der Waals surface area contributed by atoms with Gasteiger partial charge >= 0.3 is 0 Å². The first-order chi connectivity index (χ1) is 14.3. The maximum absolute atomic E-state index is 9.62. The van der Waals surface area contributed by atoms with E-state index < -0.39 is 0 Å². The number of benzene rings is 1. The lowest BCUT2D eigenvalue weighted by Crippen LogP contribution is -2.37. The fourth-order valence-corrected chi connectivity index (χ4v) is 3.79. The predicted octanol–water partition coefficient (Wildman–Crippen LogP) is 2.87. The van der Waals surface area contributed by atoms with Crippen LogP contribution in [0.5, 0.6) is 0 Å². The number of hydrogen-bond acceptors (Lipinski definition) is 5. The Morgan fingerprint density at radius 3 is 2.66 bits per heavy atom. The average Bonchev–Trinajstić information content (AvgIpc) is 3.20. The van der Waals surface area contributed by atoms with E-state index in [-0.39, 0.29) is 6.10 Å². The molecule has 1 aliphatic heterocycles. The normalized spacial score (nSPS) is 15.6. The van der Waals surface area contributed by atoms with Gasteiger partial charge in [0, 0.05) is 49.4 Å². The van der Waals surface area contributed by atoms with Gasteiger partial charge in [0.15, 0.2) is 0 Å². The van der Waals surface area contributed by atoms with Crippen molar-refractivity contribution >= 4 is 0 Å².